The molecule has 3 aliphatic rings. The van der Waals surface area contributed by atoms with E-state index < -0.39 is 9.84 Å². The Kier molecular flexibility index (Phi) is 7.87. The van der Waals surface area contributed by atoms with Crippen LogP contribution in [0.3, 0.4) is 0 Å². The zero-order valence-corrected chi connectivity index (χ0v) is 20.0. The Labute approximate surface area is 193 Å². The maximum atomic E-state index is 13.2. The number of nitrogens with zero attached hydrogens (tertiary/aromatic N) is 3. The number of hydrogen-bond donors (Lipinski definition) is 0. The predicted molar refractivity (Wildman–Crippen MR) is 130 cm³/mol. The van der Waals surface area contributed by atoms with Crippen LogP contribution >= 0.6 is 0 Å². The van der Waals surface area contributed by atoms with Crippen molar-refractivity contribution in [2.24, 2.45) is 0 Å². The average Bonchev–Trinajstić information content (AvgIpc) is 3.01. The second-order valence-corrected chi connectivity index (χ2v) is 10.9. The number of benzene rings is 2. The van der Waals surface area contributed by atoms with Gasteiger partial charge in [0, 0.05) is 26.1 Å². The van der Waals surface area contributed by atoms with E-state index in [0.717, 1.165) is 38.3 Å². The Bertz CT molecular complexity index is 932. The molecule has 3 saturated heterocycles. The molecule has 2 unspecified atom stereocenters. The lowest BCUT2D eigenvalue weighted by Crippen LogP contribution is -2.48. The lowest BCUT2D eigenvalue weighted by Gasteiger charge is -2.29. The van der Waals surface area contributed by atoms with Crippen molar-refractivity contribution >= 4 is 15.5 Å². The minimum Gasteiger partial charge on any atom is -0.362 e. The average molecular weight is 455 g/mol. The van der Waals surface area contributed by atoms with Gasteiger partial charge < -0.3 is 4.90 Å². The summed E-state index contributed by atoms with van der Waals surface area (Å²) in [7, 11) is -3.52. The summed E-state index contributed by atoms with van der Waals surface area (Å²) in [6, 6.07) is 17.3. The first-order valence-corrected chi connectivity index (χ1v) is 13.6. The van der Waals surface area contributed by atoms with Crippen molar-refractivity contribution in [3.8, 4) is 0 Å². The van der Waals surface area contributed by atoms with Crippen molar-refractivity contribution in [1.29, 1.82) is 0 Å². The molecule has 0 aromatic heterocycles. The number of fused-ring (bicyclic) bond motifs is 1. The Morgan fingerprint density at radius 3 is 2.25 bits per heavy atom. The third kappa shape index (κ3) is 5.19. The Morgan fingerprint density at radius 2 is 1.66 bits per heavy atom. The molecule has 3 aliphatic heterocycles. The van der Waals surface area contributed by atoms with Crippen LogP contribution < -0.4 is 15.1 Å². The zero-order valence-electron chi connectivity index (χ0n) is 19.2. The van der Waals surface area contributed by atoms with E-state index in [4.69, 9.17) is 0 Å². The van der Waals surface area contributed by atoms with Crippen molar-refractivity contribution in [1.82, 2.24) is 10.2 Å². The molecule has 0 amide bonds. The molecule has 5 nitrogen and oxygen atoms in total. The van der Waals surface area contributed by atoms with Gasteiger partial charge in [0.15, 0.2) is 0 Å². The van der Waals surface area contributed by atoms with Crippen molar-refractivity contribution in [3.05, 3.63) is 54.6 Å². The summed E-state index contributed by atoms with van der Waals surface area (Å²) in [5, 5.41) is 4.27. The minimum atomic E-state index is -3.52. The fourth-order valence-corrected chi connectivity index (χ4v) is 6.56. The van der Waals surface area contributed by atoms with Gasteiger partial charge in [-0.15, -0.1) is 0 Å². The van der Waals surface area contributed by atoms with E-state index in [2.05, 4.69) is 22.0 Å². The third-order valence-electron chi connectivity index (χ3n) is 6.94. The molecule has 0 saturated carbocycles. The van der Waals surface area contributed by atoms with Gasteiger partial charge in [-0.25, -0.2) is 13.7 Å². The van der Waals surface area contributed by atoms with E-state index in [9.17, 15) is 8.42 Å². The molecule has 2 aromatic carbocycles. The molecule has 32 heavy (non-hydrogen) atoms. The van der Waals surface area contributed by atoms with Crippen molar-refractivity contribution < 1.29 is 8.42 Å². The highest BCUT2D eigenvalue weighted by molar-refractivity contribution is 7.91. The van der Waals surface area contributed by atoms with Crippen LogP contribution in [-0.4, -0.2) is 53.2 Å². The molecule has 3 heterocycles. The van der Waals surface area contributed by atoms with E-state index in [-0.39, 0.29) is 0 Å². The van der Waals surface area contributed by atoms with E-state index in [1.807, 2.05) is 24.3 Å². The highest BCUT2D eigenvalue weighted by atomic mass is 32.2. The van der Waals surface area contributed by atoms with Crippen LogP contribution in [0, 0.1) is 0 Å². The number of sulfone groups is 1. The topological polar surface area (TPSA) is 57.4 Å². The highest BCUT2D eigenvalue weighted by Crippen LogP contribution is 2.35. The zero-order chi connectivity index (χ0) is 22.4. The van der Waals surface area contributed by atoms with E-state index >= 15 is 0 Å². The predicted octanol–water partition coefficient (Wildman–Crippen LogP) is 4.20. The molecule has 0 aliphatic carbocycles. The van der Waals surface area contributed by atoms with Gasteiger partial charge in [-0.1, -0.05) is 43.2 Å². The van der Waals surface area contributed by atoms with Crippen LogP contribution in [0.2, 0.25) is 0 Å². The van der Waals surface area contributed by atoms with Crippen LogP contribution in [-0.2, 0) is 9.84 Å². The van der Waals surface area contributed by atoms with Gasteiger partial charge in [-0.3, -0.25) is 0 Å². The fourth-order valence-electron chi connectivity index (χ4n) is 5.07. The maximum absolute atomic E-state index is 13.2. The van der Waals surface area contributed by atoms with Gasteiger partial charge in [-0.05, 0) is 44.0 Å². The van der Waals surface area contributed by atoms with Crippen LogP contribution in [0.5, 0.6) is 0 Å². The molecular formula is C26H36N3O2S+. The van der Waals surface area contributed by atoms with Gasteiger partial charge in [-0.2, -0.15) is 4.90 Å². The second kappa shape index (κ2) is 10.8. The summed E-state index contributed by atoms with van der Waals surface area (Å²) < 4.78 is 26.4. The Hall–Kier alpha value is -1.89. The SMILES string of the molecule is C1CCC[N]CC1.CCN(c1ccccc1S(=O)(=O)c1ccccc1)C1CC2CC[N+]2C1. The number of para-hydroxylation sites is 1. The second-order valence-electron chi connectivity index (χ2n) is 8.98. The number of likely N-dealkylation sites (N-methyl/N-ethyl adjacent to an activating group) is 1. The van der Waals surface area contributed by atoms with Crippen LogP contribution in [0.4, 0.5) is 5.69 Å². The summed E-state index contributed by atoms with van der Waals surface area (Å²) in [6.45, 7) is 7.40. The maximum Gasteiger partial charge on any atom is 0.208 e. The monoisotopic (exact) mass is 454 g/mol. The molecule has 2 atom stereocenters. The number of anilines is 1. The molecule has 0 spiro atoms. The van der Waals surface area contributed by atoms with Gasteiger partial charge in [0.2, 0.25) is 9.84 Å². The summed E-state index contributed by atoms with van der Waals surface area (Å²) in [4.78, 5) is 5.57. The van der Waals surface area contributed by atoms with Crippen molar-refractivity contribution in [3.63, 3.8) is 0 Å². The smallest absolute Gasteiger partial charge is 0.208 e. The van der Waals surface area contributed by atoms with E-state index in [1.54, 1.807) is 30.3 Å². The summed E-state index contributed by atoms with van der Waals surface area (Å²) in [5.74, 6) is 0. The highest BCUT2D eigenvalue weighted by Gasteiger charge is 2.49. The molecule has 172 valence electrons. The molecule has 2 radical (unpaired) electrons. The van der Waals surface area contributed by atoms with Gasteiger partial charge in [0.1, 0.15) is 19.1 Å². The van der Waals surface area contributed by atoms with Crippen LogP contribution in [0.25, 0.3) is 0 Å². The van der Waals surface area contributed by atoms with Crippen LogP contribution in [0.15, 0.2) is 64.4 Å². The van der Waals surface area contributed by atoms with E-state index in [0.29, 0.717) is 21.9 Å². The lowest BCUT2D eigenvalue weighted by molar-refractivity contribution is 0.255. The largest absolute Gasteiger partial charge is 0.362 e. The molecular weight excluding hydrogens is 418 g/mol. The van der Waals surface area contributed by atoms with Crippen molar-refractivity contribution in [2.45, 2.75) is 67.3 Å². The Morgan fingerprint density at radius 1 is 0.969 bits per heavy atom. The first-order valence-electron chi connectivity index (χ1n) is 12.1. The number of hydrogen-bond acceptors (Lipinski definition) is 4. The molecule has 3 fully saturated rings. The van der Waals surface area contributed by atoms with Gasteiger partial charge >= 0.3 is 0 Å². The summed E-state index contributed by atoms with van der Waals surface area (Å²) >= 11 is 0. The quantitative estimate of drug-likeness (QED) is 0.637. The van der Waals surface area contributed by atoms with Crippen molar-refractivity contribution in [2.75, 3.05) is 37.6 Å². The first kappa shape index (κ1) is 23.3. The normalized spacial score (nSPS) is 23.3. The molecule has 5 rings (SSSR count). The molecule has 0 bridgehead atoms. The molecule has 2 aromatic rings. The van der Waals surface area contributed by atoms with Gasteiger partial charge in [0.25, 0.3) is 0 Å². The summed E-state index contributed by atoms with van der Waals surface area (Å²) in [5.41, 5.74) is 0.835. The minimum absolute atomic E-state index is 0.355. The van der Waals surface area contributed by atoms with Gasteiger partial charge in [0.05, 0.1) is 27.9 Å². The van der Waals surface area contributed by atoms with E-state index in [1.165, 1.54) is 38.6 Å². The lowest BCUT2D eigenvalue weighted by atomic mass is 10.0. The van der Waals surface area contributed by atoms with Crippen LogP contribution in [0.1, 0.15) is 45.4 Å². The first-order chi connectivity index (χ1) is 15.6. The third-order valence-corrected chi connectivity index (χ3v) is 8.75. The number of rotatable bonds is 5. The standard InChI is InChI=1S/C20H24N2O2S.C6H12N/c1-2-22(17-14-16-12-13-21(16)15-17)19-10-6-7-11-20(19)25(23,24)18-8-4-3-5-9-18;1-2-4-6-7-5-3-1/h3-11,16-17H,2,12-15H2,1H3;1-6H2/q+1;. The molecule has 6 heteroatoms. The Balaban J connectivity index is 0.000000300. The molecule has 0 N–H and O–H groups in total. The fraction of sp³-hybridized carbons (Fsp3) is 0.538. The summed E-state index contributed by atoms with van der Waals surface area (Å²) in [6.07, 6.45) is 7.89.